The molecule has 4 aromatic rings. The number of carbonyl (C=O) groups is 2. The quantitative estimate of drug-likeness (QED) is 0.245. The molecule has 0 radical (unpaired) electrons. The number of nitrogens with one attached hydrogen (secondary N) is 2. The number of aromatic nitrogens is 1. The number of amides is 1. The third-order valence-electron chi connectivity index (χ3n) is 5.72. The molecule has 0 aliphatic rings. The standard InChI is InChI=1S/C27H25FN2O3S/c1-17(31)19-9-12-26(24(28)13-19)34-16-27(32)30-14-22(18-7-10-20(33-2)11-8-18)23-15-29-25-6-4-3-5-21(23)25/h3-13,15,22,29H,14,16H2,1-2H3,(H,30,32). The van der Waals surface area contributed by atoms with Crippen molar-refractivity contribution in [2.24, 2.45) is 0 Å². The maximum Gasteiger partial charge on any atom is 0.230 e. The molecular formula is C27H25FN2O3S. The van der Waals surface area contributed by atoms with Crippen LogP contribution in [-0.4, -0.2) is 36.1 Å². The number of H-pyrrole nitrogens is 1. The number of halogens is 1. The molecule has 1 unspecified atom stereocenters. The van der Waals surface area contributed by atoms with Crippen LogP contribution in [-0.2, 0) is 4.79 Å². The molecule has 34 heavy (non-hydrogen) atoms. The van der Waals surface area contributed by atoms with Crippen LogP contribution in [0.1, 0.15) is 34.3 Å². The van der Waals surface area contributed by atoms with Gasteiger partial charge in [0.1, 0.15) is 11.6 Å². The number of Topliss-reactive ketones (excluding diaryl/α,β-unsaturated/α-hetero) is 1. The van der Waals surface area contributed by atoms with Crippen LogP contribution in [0.15, 0.2) is 77.8 Å². The number of rotatable bonds is 9. The van der Waals surface area contributed by atoms with Gasteiger partial charge in [-0.1, -0.05) is 36.4 Å². The molecule has 3 aromatic carbocycles. The van der Waals surface area contributed by atoms with E-state index < -0.39 is 5.82 Å². The molecule has 1 amide bonds. The van der Waals surface area contributed by atoms with Crippen molar-refractivity contribution in [1.29, 1.82) is 0 Å². The molecule has 1 atom stereocenters. The molecule has 7 heteroatoms. The number of ketones is 1. The number of carbonyl (C=O) groups excluding carboxylic acids is 2. The summed E-state index contributed by atoms with van der Waals surface area (Å²) in [6, 6.07) is 20.2. The summed E-state index contributed by atoms with van der Waals surface area (Å²) in [5.74, 6) is -0.143. The SMILES string of the molecule is COc1ccc(C(CNC(=O)CSc2ccc(C(C)=O)cc2F)c2c[nH]c3ccccc23)cc1. The van der Waals surface area contributed by atoms with Gasteiger partial charge in [0, 0.05) is 40.0 Å². The van der Waals surface area contributed by atoms with E-state index in [1.807, 2.05) is 48.7 Å². The summed E-state index contributed by atoms with van der Waals surface area (Å²) < 4.78 is 19.6. The van der Waals surface area contributed by atoms with Crippen molar-refractivity contribution >= 4 is 34.4 Å². The first-order chi connectivity index (χ1) is 16.5. The number of fused-ring (bicyclic) bond motifs is 1. The number of hydrogen-bond donors (Lipinski definition) is 2. The zero-order valence-electron chi connectivity index (χ0n) is 18.9. The molecule has 0 saturated carbocycles. The van der Waals surface area contributed by atoms with Gasteiger partial charge in [-0.05, 0) is 48.4 Å². The monoisotopic (exact) mass is 476 g/mol. The van der Waals surface area contributed by atoms with Crippen LogP contribution in [0.25, 0.3) is 10.9 Å². The topological polar surface area (TPSA) is 71.2 Å². The zero-order valence-corrected chi connectivity index (χ0v) is 19.7. The summed E-state index contributed by atoms with van der Waals surface area (Å²) >= 11 is 1.11. The van der Waals surface area contributed by atoms with E-state index in [1.165, 1.54) is 19.1 Å². The Morgan fingerprint density at radius 1 is 1.09 bits per heavy atom. The molecule has 1 aromatic heterocycles. The summed E-state index contributed by atoms with van der Waals surface area (Å²) in [6.07, 6.45) is 1.98. The Morgan fingerprint density at radius 2 is 1.85 bits per heavy atom. The van der Waals surface area contributed by atoms with Gasteiger partial charge in [-0.2, -0.15) is 0 Å². The lowest BCUT2D eigenvalue weighted by Crippen LogP contribution is -2.30. The van der Waals surface area contributed by atoms with Gasteiger partial charge in [-0.3, -0.25) is 9.59 Å². The largest absolute Gasteiger partial charge is 0.497 e. The highest BCUT2D eigenvalue weighted by Crippen LogP contribution is 2.31. The van der Waals surface area contributed by atoms with Crippen LogP contribution in [0.5, 0.6) is 5.75 Å². The third-order valence-corrected chi connectivity index (χ3v) is 6.76. The Morgan fingerprint density at radius 3 is 2.56 bits per heavy atom. The average Bonchev–Trinajstić information content (AvgIpc) is 3.27. The van der Waals surface area contributed by atoms with Crippen LogP contribution in [0.3, 0.4) is 0 Å². The van der Waals surface area contributed by atoms with Crippen molar-refractivity contribution in [3.63, 3.8) is 0 Å². The summed E-state index contributed by atoms with van der Waals surface area (Å²) in [7, 11) is 1.63. The minimum Gasteiger partial charge on any atom is -0.497 e. The van der Waals surface area contributed by atoms with E-state index in [0.29, 0.717) is 17.0 Å². The number of ether oxygens (including phenoxy) is 1. The maximum absolute atomic E-state index is 14.3. The lowest BCUT2D eigenvalue weighted by atomic mass is 9.91. The van der Waals surface area contributed by atoms with Gasteiger partial charge in [-0.15, -0.1) is 11.8 Å². The number of methoxy groups -OCH3 is 1. The fourth-order valence-corrected chi connectivity index (χ4v) is 4.62. The van der Waals surface area contributed by atoms with Gasteiger partial charge in [0.05, 0.1) is 12.9 Å². The van der Waals surface area contributed by atoms with Gasteiger partial charge in [-0.25, -0.2) is 4.39 Å². The number of benzene rings is 3. The Balaban J connectivity index is 1.48. The fraction of sp³-hybridized carbons (Fsp3) is 0.185. The van der Waals surface area contributed by atoms with Crippen molar-refractivity contribution in [2.45, 2.75) is 17.7 Å². The number of para-hydroxylation sites is 1. The van der Waals surface area contributed by atoms with Gasteiger partial charge in [0.15, 0.2) is 5.78 Å². The molecule has 0 saturated heterocycles. The first-order valence-corrected chi connectivity index (χ1v) is 11.8. The van der Waals surface area contributed by atoms with E-state index in [-0.39, 0.29) is 23.4 Å². The number of aromatic amines is 1. The molecule has 0 bridgehead atoms. The zero-order chi connectivity index (χ0) is 24.1. The van der Waals surface area contributed by atoms with Crippen molar-refractivity contribution in [3.05, 3.63) is 95.4 Å². The summed E-state index contributed by atoms with van der Waals surface area (Å²) in [6.45, 7) is 1.78. The highest BCUT2D eigenvalue weighted by molar-refractivity contribution is 8.00. The minimum atomic E-state index is -0.500. The number of thioether (sulfide) groups is 1. The van der Waals surface area contributed by atoms with Crippen LogP contribution in [0, 0.1) is 5.82 Å². The maximum atomic E-state index is 14.3. The van der Waals surface area contributed by atoms with Gasteiger partial charge in [0.25, 0.3) is 0 Å². The Hall–Kier alpha value is -3.58. The van der Waals surface area contributed by atoms with Crippen molar-refractivity contribution < 1.29 is 18.7 Å². The number of hydrogen-bond acceptors (Lipinski definition) is 4. The minimum absolute atomic E-state index is 0.0690. The molecule has 0 aliphatic carbocycles. The molecule has 0 fully saturated rings. The first kappa shape index (κ1) is 23.6. The van der Waals surface area contributed by atoms with Crippen LogP contribution in [0.4, 0.5) is 4.39 Å². The summed E-state index contributed by atoms with van der Waals surface area (Å²) in [4.78, 5) is 27.7. The van der Waals surface area contributed by atoms with E-state index in [1.54, 1.807) is 13.2 Å². The molecule has 2 N–H and O–H groups in total. The fourth-order valence-electron chi connectivity index (χ4n) is 3.87. The van der Waals surface area contributed by atoms with E-state index in [9.17, 15) is 14.0 Å². The molecule has 4 rings (SSSR count). The second-order valence-corrected chi connectivity index (χ2v) is 8.93. The molecule has 0 spiro atoms. The second kappa shape index (κ2) is 10.6. The van der Waals surface area contributed by atoms with E-state index in [4.69, 9.17) is 4.74 Å². The molecule has 0 aliphatic heterocycles. The highest BCUT2D eigenvalue weighted by Gasteiger charge is 2.19. The predicted molar refractivity (Wildman–Crippen MR) is 133 cm³/mol. The third kappa shape index (κ3) is 5.31. The Bertz CT molecular complexity index is 1320. The van der Waals surface area contributed by atoms with Crippen molar-refractivity contribution in [1.82, 2.24) is 10.3 Å². The van der Waals surface area contributed by atoms with E-state index >= 15 is 0 Å². The van der Waals surface area contributed by atoms with E-state index in [2.05, 4.69) is 16.4 Å². The molecule has 174 valence electrons. The lowest BCUT2D eigenvalue weighted by Gasteiger charge is -2.18. The van der Waals surface area contributed by atoms with Crippen molar-refractivity contribution in [3.8, 4) is 5.75 Å². The van der Waals surface area contributed by atoms with Crippen molar-refractivity contribution in [2.75, 3.05) is 19.4 Å². The second-order valence-electron chi connectivity index (χ2n) is 7.91. The first-order valence-electron chi connectivity index (χ1n) is 10.9. The van der Waals surface area contributed by atoms with Gasteiger partial charge >= 0.3 is 0 Å². The predicted octanol–water partition coefficient (Wildman–Crippen LogP) is 5.56. The molecular weight excluding hydrogens is 451 g/mol. The Labute approximate surface area is 201 Å². The van der Waals surface area contributed by atoms with Gasteiger partial charge < -0.3 is 15.0 Å². The van der Waals surface area contributed by atoms with Crippen LogP contribution < -0.4 is 10.1 Å². The van der Waals surface area contributed by atoms with Crippen LogP contribution in [0.2, 0.25) is 0 Å². The highest BCUT2D eigenvalue weighted by atomic mass is 32.2. The summed E-state index contributed by atoms with van der Waals surface area (Å²) in [5.41, 5.74) is 3.47. The lowest BCUT2D eigenvalue weighted by molar-refractivity contribution is -0.118. The smallest absolute Gasteiger partial charge is 0.230 e. The molecule has 5 nitrogen and oxygen atoms in total. The Kier molecular flexibility index (Phi) is 7.33. The normalized spacial score (nSPS) is 11.9. The summed E-state index contributed by atoms with van der Waals surface area (Å²) in [5, 5.41) is 4.10. The van der Waals surface area contributed by atoms with E-state index in [0.717, 1.165) is 39.5 Å². The average molecular weight is 477 g/mol. The van der Waals surface area contributed by atoms with Crippen LogP contribution >= 0.6 is 11.8 Å². The molecule has 1 heterocycles. The van der Waals surface area contributed by atoms with Gasteiger partial charge in [0.2, 0.25) is 5.91 Å².